The van der Waals surface area contributed by atoms with Gasteiger partial charge in [0.1, 0.15) is 0 Å². The van der Waals surface area contributed by atoms with Crippen molar-refractivity contribution in [3.63, 3.8) is 0 Å². The van der Waals surface area contributed by atoms with E-state index in [9.17, 15) is 0 Å². The van der Waals surface area contributed by atoms with E-state index in [-0.39, 0.29) is 0 Å². The number of hydrogen-bond acceptors (Lipinski definition) is 3. The van der Waals surface area contributed by atoms with Crippen LogP contribution < -0.4 is 0 Å². The molecule has 0 aliphatic carbocycles. The summed E-state index contributed by atoms with van der Waals surface area (Å²) < 4.78 is 5.08. The molecule has 0 bridgehead atoms. The molecule has 4 heteroatoms. The maximum atomic E-state index is 5.08. The molecular weight excluding hydrogens is 142 g/mol. The lowest BCUT2D eigenvalue weighted by molar-refractivity contribution is 0.396. The zero-order valence-electron chi connectivity index (χ0n) is 6.53. The van der Waals surface area contributed by atoms with Gasteiger partial charge in [-0.1, -0.05) is 0 Å². The topological polar surface area (TPSA) is 43.2 Å². The predicted molar refractivity (Wildman–Crippen MR) is 39.1 cm³/mol. The predicted octanol–water partition coefficient (Wildman–Crippen LogP) is 0.146. The Kier molecular flexibility index (Phi) is 1.62. The summed E-state index contributed by atoms with van der Waals surface area (Å²) in [5, 5.41) is 8.14. The van der Waals surface area contributed by atoms with Crippen LogP contribution in [0, 0.1) is 0 Å². The van der Waals surface area contributed by atoms with Crippen molar-refractivity contribution in [3.05, 3.63) is 11.9 Å². The summed E-state index contributed by atoms with van der Waals surface area (Å²) in [6, 6.07) is 0. The van der Waals surface area contributed by atoms with Gasteiger partial charge in [0, 0.05) is 7.05 Å². The van der Waals surface area contributed by atoms with Crippen molar-refractivity contribution in [2.75, 3.05) is 6.61 Å². The maximum Gasteiger partial charge on any atom is 0.0828 e. The Hall–Kier alpha value is -0.900. The van der Waals surface area contributed by atoms with Crippen molar-refractivity contribution in [1.82, 2.24) is 15.0 Å². The Morgan fingerprint density at radius 1 is 1.82 bits per heavy atom. The lowest BCUT2D eigenvalue weighted by atomic mass is 10.2. The summed E-state index contributed by atoms with van der Waals surface area (Å²) in [7, 11) is 1.83. The third-order valence-electron chi connectivity index (χ3n) is 1.77. The molecule has 4 nitrogen and oxygen atoms in total. The average molecular weight is 153 g/mol. The summed E-state index contributed by atoms with van der Waals surface area (Å²) >= 11 is 0. The normalized spacial score (nSPS) is 22.1. The minimum Gasteiger partial charge on any atom is -0.373 e. The fraction of sp³-hybridized carbons (Fsp3) is 0.714. The molecule has 0 spiro atoms. The molecule has 60 valence electrons. The van der Waals surface area contributed by atoms with Gasteiger partial charge in [0.15, 0.2) is 0 Å². The fourth-order valence-electron chi connectivity index (χ4n) is 1.05. The quantitative estimate of drug-likeness (QED) is 0.580. The van der Waals surface area contributed by atoms with Crippen molar-refractivity contribution in [2.24, 2.45) is 7.05 Å². The van der Waals surface area contributed by atoms with Crippen LogP contribution in [-0.2, 0) is 18.2 Å². The molecule has 1 saturated heterocycles. The third kappa shape index (κ3) is 1.77. The number of aryl methyl sites for hydroxylation is 2. The van der Waals surface area contributed by atoms with Gasteiger partial charge in [-0.3, -0.25) is 0 Å². The first-order valence-electron chi connectivity index (χ1n) is 3.81. The molecule has 2 heterocycles. The number of ether oxygens (including phenoxy) is 1. The zero-order chi connectivity index (χ0) is 7.68. The standard InChI is InChI=1S/C7H11N3O/c1-10-8-4-6(9-10)2-3-7-5-11-7/h4,7H,2-3,5H2,1H3. The molecule has 0 amide bonds. The highest BCUT2D eigenvalue weighted by Crippen LogP contribution is 2.15. The number of hydrogen-bond donors (Lipinski definition) is 0. The molecular formula is C7H11N3O. The van der Waals surface area contributed by atoms with Crippen molar-refractivity contribution in [1.29, 1.82) is 0 Å². The lowest BCUT2D eigenvalue weighted by Gasteiger charge is -1.89. The Labute approximate surface area is 65.2 Å². The molecule has 0 aromatic carbocycles. The first-order chi connectivity index (χ1) is 5.34. The van der Waals surface area contributed by atoms with E-state index in [2.05, 4.69) is 10.2 Å². The minimum absolute atomic E-state index is 0.497. The molecule has 1 aliphatic heterocycles. The van der Waals surface area contributed by atoms with Crippen LogP contribution in [0.15, 0.2) is 6.20 Å². The van der Waals surface area contributed by atoms with E-state index in [1.807, 2.05) is 13.2 Å². The van der Waals surface area contributed by atoms with E-state index >= 15 is 0 Å². The Balaban J connectivity index is 1.85. The van der Waals surface area contributed by atoms with E-state index < -0.39 is 0 Å². The molecule has 2 rings (SSSR count). The van der Waals surface area contributed by atoms with Crippen LogP contribution in [0.3, 0.4) is 0 Å². The SMILES string of the molecule is Cn1ncc(CCC2CO2)n1. The second-order valence-electron chi connectivity index (χ2n) is 2.82. The maximum absolute atomic E-state index is 5.08. The second kappa shape index (κ2) is 2.62. The van der Waals surface area contributed by atoms with Crippen molar-refractivity contribution >= 4 is 0 Å². The van der Waals surface area contributed by atoms with Crippen LogP contribution in [0.25, 0.3) is 0 Å². The summed E-state index contributed by atoms with van der Waals surface area (Å²) in [4.78, 5) is 1.59. The summed E-state index contributed by atoms with van der Waals surface area (Å²) in [5.74, 6) is 0. The van der Waals surface area contributed by atoms with Crippen LogP contribution in [0.2, 0.25) is 0 Å². The number of aromatic nitrogens is 3. The number of rotatable bonds is 3. The largest absolute Gasteiger partial charge is 0.373 e. The number of epoxide rings is 1. The van der Waals surface area contributed by atoms with Gasteiger partial charge in [-0.15, -0.1) is 0 Å². The summed E-state index contributed by atoms with van der Waals surface area (Å²) in [6.07, 6.45) is 4.37. The molecule has 1 fully saturated rings. The van der Waals surface area contributed by atoms with E-state index in [0.717, 1.165) is 25.1 Å². The van der Waals surface area contributed by atoms with Crippen LogP contribution in [0.4, 0.5) is 0 Å². The van der Waals surface area contributed by atoms with Gasteiger partial charge in [-0.05, 0) is 12.8 Å². The molecule has 11 heavy (non-hydrogen) atoms. The van der Waals surface area contributed by atoms with Crippen LogP contribution in [0.1, 0.15) is 12.1 Å². The van der Waals surface area contributed by atoms with Gasteiger partial charge in [-0.25, -0.2) is 0 Å². The Bertz CT molecular complexity index is 242. The van der Waals surface area contributed by atoms with Gasteiger partial charge in [0.2, 0.25) is 0 Å². The second-order valence-corrected chi connectivity index (χ2v) is 2.82. The molecule has 1 aromatic rings. The van der Waals surface area contributed by atoms with Crippen LogP contribution in [0.5, 0.6) is 0 Å². The van der Waals surface area contributed by atoms with Crippen molar-refractivity contribution in [2.45, 2.75) is 18.9 Å². The molecule has 1 unspecified atom stereocenters. The fourth-order valence-corrected chi connectivity index (χ4v) is 1.05. The van der Waals surface area contributed by atoms with Gasteiger partial charge >= 0.3 is 0 Å². The highest BCUT2D eigenvalue weighted by molar-refractivity contribution is 4.92. The molecule has 0 saturated carbocycles. The lowest BCUT2D eigenvalue weighted by Crippen LogP contribution is -1.95. The van der Waals surface area contributed by atoms with Crippen LogP contribution in [-0.4, -0.2) is 27.7 Å². The van der Waals surface area contributed by atoms with Gasteiger partial charge in [0.25, 0.3) is 0 Å². The Morgan fingerprint density at radius 2 is 2.64 bits per heavy atom. The average Bonchev–Trinajstić information content (AvgIpc) is 2.72. The smallest absolute Gasteiger partial charge is 0.0828 e. The van der Waals surface area contributed by atoms with E-state index in [1.165, 1.54) is 0 Å². The summed E-state index contributed by atoms with van der Waals surface area (Å²) in [6.45, 7) is 0.931. The van der Waals surface area contributed by atoms with E-state index in [0.29, 0.717) is 6.10 Å². The first kappa shape index (κ1) is 6.79. The van der Waals surface area contributed by atoms with Gasteiger partial charge in [0.05, 0.1) is 24.6 Å². The molecule has 0 radical (unpaired) electrons. The number of nitrogens with zero attached hydrogens (tertiary/aromatic N) is 3. The monoisotopic (exact) mass is 153 g/mol. The van der Waals surface area contributed by atoms with Gasteiger partial charge in [-0.2, -0.15) is 15.0 Å². The Morgan fingerprint density at radius 3 is 3.18 bits per heavy atom. The minimum atomic E-state index is 0.497. The van der Waals surface area contributed by atoms with Crippen LogP contribution >= 0.6 is 0 Å². The summed E-state index contributed by atoms with van der Waals surface area (Å²) in [5.41, 5.74) is 1.06. The van der Waals surface area contributed by atoms with E-state index in [1.54, 1.807) is 4.80 Å². The van der Waals surface area contributed by atoms with Crippen molar-refractivity contribution in [3.8, 4) is 0 Å². The van der Waals surface area contributed by atoms with Gasteiger partial charge < -0.3 is 4.74 Å². The third-order valence-corrected chi connectivity index (χ3v) is 1.77. The highest BCUT2D eigenvalue weighted by Gasteiger charge is 2.21. The molecule has 1 atom stereocenters. The van der Waals surface area contributed by atoms with Crippen molar-refractivity contribution < 1.29 is 4.74 Å². The molecule has 1 aliphatic rings. The first-order valence-corrected chi connectivity index (χ1v) is 3.81. The molecule has 1 aromatic heterocycles. The zero-order valence-corrected chi connectivity index (χ0v) is 6.53. The van der Waals surface area contributed by atoms with E-state index in [4.69, 9.17) is 4.74 Å². The molecule has 0 N–H and O–H groups in total. The highest BCUT2D eigenvalue weighted by atomic mass is 16.6.